The van der Waals surface area contributed by atoms with Gasteiger partial charge < -0.3 is 19.9 Å². The van der Waals surface area contributed by atoms with Crippen LogP contribution < -0.4 is 5.32 Å². The fourth-order valence-corrected chi connectivity index (χ4v) is 2.82. The van der Waals surface area contributed by atoms with Crippen molar-refractivity contribution < 1.29 is 14.3 Å². The Hall–Kier alpha value is -1.30. The fraction of sp³-hybridized carbons (Fsp3) is 0.867. The van der Waals surface area contributed by atoms with Gasteiger partial charge in [0.05, 0.1) is 13.2 Å². The normalized spacial score (nSPS) is 21.3. The lowest BCUT2D eigenvalue weighted by atomic mass is 10.0. The van der Waals surface area contributed by atoms with Crippen LogP contribution >= 0.6 is 0 Å². The third kappa shape index (κ3) is 4.33. The van der Waals surface area contributed by atoms with Gasteiger partial charge in [0.2, 0.25) is 5.91 Å². The highest BCUT2D eigenvalue weighted by atomic mass is 16.5. The summed E-state index contributed by atoms with van der Waals surface area (Å²) in [6.07, 6.45) is 3.32. The van der Waals surface area contributed by atoms with Gasteiger partial charge in [-0.2, -0.15) is 0 Å². The lowest BCUT2D eigenvalue weighted by Gasteiger charge is -2.34. The summed E-state index contributed by atoms with van der Waals surface area (Å²) in [5.74, 6) is 0.149. The number of hydrogen-bond acceptors (Lipinski definition) is 3. The number of rotatable bonds is 3. The number of hydrogen-bond donors (Lipinski definition) is 1. The average Bonchev–Trinajstić information content (AvgIpc) is 2.53. The predicted octanol–water partition coefficient (Wildman–Crippen LogP) is 1.07. The molecule has 2 saturated heterocycles. The van der Waals surface area contributed by atoms with E-state index < -0.39 is 6.04 Å². The van der Waals surface area contributed by atoms with E-state index in [0.717, 1.165) is 25.9 Å². The average molecular weight is 297 g/mol. The first-order valence-electron chi connectivity index (χ1n) is 8.01. The van der Waals surface area contributed by atoms with Gasteiger partial charge >= 0.3 is 6.03 Å². The fourth-order valence-electron chi connectivity index (χ4n) is 2.82. The van der Waals surface area contributed by atoms with Crippen LogP contribution in [0.2, 0.25) is 0 Å². The molecule has 21 heavy (non-hydrogen) atoms. The number of nitrogens with zero attached hydrogens (tertiary/aromatic N) is 2. The van der Waals surface area contributed by atoms with E-state index in [0.29, 0.717) is 26.3 Å². The van der Waals surface area contributed by atoms with Crippen LogP contribution in [0.3, 0.4) is 0 Å². The number of carbonyl (C=O) groups is 2. The Labute approximate surface area is 126 Å². The zero-order valence-electron chi connectivity index (χ0n) is 13.1. The van der Waals surface area contributed by atoms with Gasteiger partial charge in [0.15, 0.2) is 0 Å². The second-order valence-electron chi connectivity index (χ2n) is 6.16. The first kappa shape index (κ1) is 16.1. The molecule has 1 atom stereocenters. The molecule has 0 bridgehead atoms. The molecule has 2 fully saturated rings. The van der Waals surface area contributed by atoms with Gasteiger partial charge in [0.25, 0.3) is 0 Å². The van der Waals surface area contributed by atoms with Crippen molar-refractivity contribution in [2.45, 2.75) is 39.2 Å². The highest BCUT2D eigenvalue weighted by Crippen LogP contribution is 2.14. The Morgan fingerprint density at radius 2 is 1.57 bits per heavy atom. The summed E-state index contributed by atoms with van der Waals surface area (Å²) in [7, 11) is 0. The van der Waals surface area contributed by atoms with Crippen LogP contribution in [0.25, 0.3) is 0 Å². The Balaban J connectivity index is 1.94. The molecule has 2 aliphatic rings. The molecule has 0 aromatic carbocycles. The van der Waals surface area contributed by atoms with Crippen molar-refractivity contribution >= 4 is 11.9 Å². The second-order valence-corrected chi connectivity index (χ2v) is 6.16. The van der Waals surface area contributed by atoms with Crippen LogP contribution in [0.1, 0.15) is 33.1 Å². The third-order valence-electron chi connectivity index (χ3n) is 4.18. The number of piperidine rings is 1. The number of nitrogens with one attached hydrogen (secondary N) is 1. The van der Waals surface area contributed by atoms with E-state index >= 15 is 0 Å². The van der Waals surface area contributed by atoms with Crippen molar-refractivity contribution in [3.8, 4) is 0 Å². The third-order valence-corrected chi connectivity index (χ3v) is 4.18. The molecule has 0 unspecified atom stereocenters. The predicted molar refractivity (Wildman–Crippen MR) is 80.0 cm³/mol. The van der Waals surface area contributed by atoms with E-state index in [-0.39, 0.29) is 17.9 Å². The quantitative estimate of drug-likeness (QED) is 0.847. The summed E-state index contributed by atoms with van der Waals surface area (Å²) in [4.78, 5) is 28.5. The highest BCUT2D eigenvalue weighted by molar-refractivity contribution is 5.87. The van der Waals surface area contributed by atoms with Crippen molar-refractivity contribution in [3.05, 3.63) is 0 Å². The lowest BCUT2D eigenvalue weighted by Crippen LogP contribution is -2.56. The molecule has 0 aliphatic carbocycles. The van der Waals surface area contributed by atoms with Gasteiger partial charge in [0.1, 0.15) is 6.04 Å². The molecule has 2 heterocycles. The zero-order valence-corrected chi connectivity index (χ0v) is 13.1. The topological polar surface area (TPSA) is 61.9 Å². The molecule has 0 aromatic heterocycles. The molecule has 2 rings (SSSR count). The van der Waals surface area contributed by atoms with Crippen LogP contribution in [-0.4, -0.2) is 67.2 Å². The van der Waals surface area contributed by atoms with E-state index in [1.807, 2.05) is 18.7 Å². The minimum atomic E-state index is -0.432. The molecule has 120 valence electrons. The molecular formula is C15H27N3O3. The summed E-state index contributed by atoms with van der Waals surface area (Å²) < 4.78 is 5.25. The minimum Gasteiger partial charge on any atom is -0.378 e. The summed E-state index contributed by atoms with van der Waals surface area (Å²) >= 11 is 0. The van der Waals surface area contributed by atoms with Crippen LogP contribution in [0.5, 0.6) is 0 Å². The van der Waals surface area contributed by atoms with E-state index in [1.54, 1.807) is 4.90 Å². The van der Waals surface area contributed by atoms with Crippen LogP contribution in [0, 0.1) is 5.92 Å². The van der Waals surface area contributed by atoms with Gasteiger partial charge in [-0.1, -0.05) is 13.8 Å². The maximum atomic E-state index is 12.6. The summed E-state index contributed by atoms with van der Waals surface area (Å²) in [5, 5.41) is 2.92. The molecule has 6 nitrogen and oxygen atoms in total. The zero-order chi connectivity index (χ0) is 15.2. The van der Waals surface area contributed by atoms with Crippen molar-refractivity contribution in [1.82, 2.24) is 15.1 Å². The molecule has 3 amide bonds. The summed E-state index contributed by atoms with van der Waals surface area (Å²) in [6.45, 7) is 7.91. The maximum absolute atomic E-state index is 12.6. The van der Waals surface area contributed by atoms with E-state index in [4.69, 9.17) is 4.74 Å². The number of likely N-dealkylation sites (tertiary alicyclic amines) is 1. The molecule has 0 spiro atoms. The van der Waals surface area contributed by atoms with E-state index in [9.17, 15) is 9.59 Å². The monoisotopic (exact) mass is 297 g/mol. The summed E-state index contributed by atoms with van der Waals surface area (Å²) in [5.41, 5.74) is 0. The minimum absolute atomic E-state index is 0.0614. The molecule has 6 heteroatoms. The standard InChI is InChI=1S/C15H27N3O3/c1-12(2)13(14(19)17-6-4-3-5-7-17)16-15(20)18-8-10-21-11-9-18/h12-13H,3-11H2,1-2H3,(H,16,20)/t13-/m0/s1. The highest BCUT2D eigenvalue weighted by Gasteiger charge is 2.30. The van der Waals surface area contributed by atoms with Crippen molar-refractivity contribution in [2.75, 3.05) is 39.4 Å². The van der Waals surface area contributed by atoms with Crippen molar-refractivity contribution in [2.24, 2.45) is 5.92 Å². The van der Waals surface area contributed by atoms with E-state index in [2.05, 4.69) is 5.32 Å². The van der Waals surface area contributed by atoms with Crippen LogP contribution in [-0.2, 0) is 9.53 Å². The number of urea groups is 1. The summed E-state index contributed by atoms with van der Waals surface area (Å²) in [6, 6.07) is -0.583. The molecule has 0 radical (unpaired) electrons. The van der Waals surface area contributed by atoms with Crippen LogP contribution in [0.4, 0.5) is 4.79 Å². The molecule has 2 aliphatic heterocycles. The van der Waals surface area contributed by atoms with Crippen molar-refractivity contribution in [1.29, 1.82) is 0 Å². The van der Waals surface area contributed by atoms with Gasteiger partial charge in [-0.25, -0.2) is 4.79 Å². The number of morpholine rings is 1. The SMILES string of the molecule is CC(C)[C@H](NC(=O)N1CCOCC1)C(=O)N1CCCCC1. The first-order valence-corrected chi connectivity index (χ1v) is 8.01. The molecular weight excluding hydrogens is 270 g/mol. The maximum Gasteiger partial charge on any atom is 0.318 e. The lowest BCUT2D eigenvalue weighted by molar-refractivity contribution is -0.135. The largest absolute Gasteiger partial charge is 0.378 e. The molecule has 1 N–H and O–H groups in total. The Morgan fingerprint density at radius 1 is 0.952 bits per heavy atom. The van der Waals surface area contributed by atoms with Gasteiger partial charge in [-0.15, -0.1) is 0 Å². The first-order chi connectivity index (χ1) is 10.1. The van der Waals surface area contributed by atoms with E-state index in [1.165, 1.54) is 6.42 Å². The molecule has 0 saturated carbocycles. The Bertz CT molecular complexity index is 361. The molecule has 0 aromatic rings. The Morgan fingerprint density at radius 3 is 2.14 bits per heavy atom. The number of ether oxygens (including phenoxy) is 1. The van der Waals surface area contributed by atoms with Gasteiger partial charge in [0, 0.05) is 26.2 Å². The smallest absolute Gasteiger partial charge is 0.318 e. The van der Waals surface area contributed by atoms with Crippen LogP contribution in [0.15, 0.2) is 0 Å². The van der Waals surface area contributed by atoms with Gasteiger partial charge in [-0.05, 0) is 25.2 Å². The van der Waals surface area contributed by atoms with Gasteiger partial charge in [-0.3, -0.25) is 4.79 Å². The number of carbonyl (C=O) groups excluding carboxylic acids is 2. The second kappa shape index (κ2) is 7.64. The number of amides is 3. The Kier molecular flexibility index (Phi) is 5.85. The van der Waals surface area contributed by atoms with Crippen molar-refractivity contribution in [3.63, 3.8) is 0 Å².